The van der Waals surface area contributed by atoms with Gasteiger partial charge < -0.3 is 0 Å². The summed E-state index contributed by atoms with van der Waals surface area (Å²) in [6, 6.07) is 16.2. The van der Waals surface area contributed by atoms with Crippen molar-refractivity contribution in [2.45, 2.75) is 12.8 Å². The molecule has 0 radical (unpaired) electrons. The predicted octanol–water partition coefficient (Wildman–Crippen LogP) is 4.54. The first-order chi connectivity index (χ1) is 14.6. The number of nitrogens with zero attached hydrogens (tertiary/aromatic N) is 2. The van der Waals surface area contributed by atoms with Crippen molar-refractivity contribution in [2.75, 3.05) is 44.2 Å². The van der Waals surface area contributed by atoms with E-state index in [0.29, 0.717) is 10.0 Å². The molecule has 1 aliphatic rings. The van der Waals surface area contributed by atoms with E-state index in [1.807, 2.05) is 24.3 Å². The van der Waals surface area contributed by atoms with Gasteiger partial charge in [0.1, 0.15) is 0 Å². The third kappa shape index (κ3) is 5.33. The average molecular weight is 558 g/mol. The minimum absolute atomic E-state index is 0.126. The molecule has 2 aromatic carbocycles. The summed E-state index contributed by atoms with van der Waals surface area (Å²) < 4.78 is 2.36. The molecule has 3 aromatic rings. The summed E-state index contributed by atoms with van der Waals surface area (Å²) in [4.78, 5) is 17.2. The van der Waals surface area contributed by atoms with E-state index in [0.717, 1.165) is 61.4 Å². The second kappa shape index (κ2) is 10.4. The molecule has 1 amide bonds. The van der Waals surface area contributed by atoms with Gasteiger partial charge in [0.25, 0.3) is 0 Å². The second-order valence-electron chi connectivity index (χ2n) is 7.51. The molecule has 0 spiro atoms. The van der Waals surface area contributed by atoms with Gasteiger partial charge >= 0.3 is 147 Å². The average Bonchev–Trinajstić information content (AvgIpc) is 3.20. The van der Waals surface area contributed by atoms with E-state index in [2.05, 4.69) is 39.4 Å². The Bertz CT molecular complexity index is 982. The van der Waals surface area contributed by atoms with Gasteiger partial charge in [0, 0.05) is 0 Å². The summed E-state index contributed by atoms with van der Waals surface area (Å²) in [5.41, 5.74) is 1.03. The van der Waals surface area contributed by atoms with Gasteiger partial charge in [-0.2, -0.15) is 0 Å². The zero-order chi connectivity index (χ0) is 20.9. The first kappa shape index (κ1) is 22.0. The molecule has 1 saturated heterocycles. The molecule has 1 N–H and O–H groups in total. The van der Waals surface area contributed by atoms with Crippen molar-refractivity contribution in [1.82, 2.24) is 10.2 Å². The maximum absolute atomic E-state index is 12.4. The second-order valence-corrected chi connectivity index (χ2v) is 11.4. The van der Waals surface area contributed by atoms with E-state index in [1.165, 1.54) is 8.79 Å². The molecule has 4 rings (SSSR count). The Hall–Kier alpha value is -1.22. The molecule has 0 saturated carbocycles. The fraction of sp³-hybridized carbons (Fsp3) is 0.348. The fourth-order valence-electron chi connectivity index (χ4n) is 3.79. The predicted molar refractivity (Wildman–Crippen MR) is 128 cm³/mol. The zero-order valence-corrected chi connectivity index (χ0v) is 20.6. The van der Waals surface area contributed by atoms with Gasteiger partial charge in [0.05, 0.1) is 10.0 Å². The Labute approximate surface area is 197 Å². The van der Waals surface area contributed by atoms with Crippen LogP contribution < -0.4 is 10.2 Å². The van der Waals surface area contributed by atoms with Crippen LogP contribution in [0.4, 0.5) is 5.69 Å². The molecule has 0 bridgehead atoms. The van der Waals surface area contributed by atoms with Crippen molar-refractivity contribution in [3.8, 4) is 0 Å². The van der Waals surface area contributed by atoms with Crippen LogP contribution in [0.15, 0.2) is 48.5 Å². The molecule has 7 heteroatoms. The van der Waals surface area contributed by atoms with Gasteiger partial charge in [-0.1, -0.05) is 29.3 Å². The number of amides is 1. The van der Waals surface area contributed by atoms with Crippen molar-refractivity contribution in [1.29, 1.82) is 0 Å². The Balaban J connectivity index is 1.15. The molecule has 158 valence electrons. The van der Waals surface area contributed by atoms with E-state index in [-0.39, 0.29) is 5.91 Å². The van der Waals surface area contributed by atoms with Crippen LogP contribution in [0.2, 0.25) is 10.0 Å². The van der Waals surface area contributed by atoms with Crippen LogP contribution in [0.5, 0.6) is 0 Å². The van der Waals surface area contributed by atoms with E-state index < -0.39 is 20.4 Å². The topological polar surface area (TPSA) is 35.6 Å². The zero-order valence-electron chi connectivity index (χ0n) is 16.7. The number of unbranched alkanes of at least 4 members (excludes halogenated alkanes) is 1. The summed E-state index contributed by atoms with van der Waals surface area (Å²) in [5.74, 6) is 0.126. The summed E-state index contributed by atoms with van der Waals surface area (Å²) in [6.07, 6.45) is 2.10. The fourth-order valence-corrected chi connectivity index (χ4v) is 7.00. The van der Waals surface area contributed by atoms with Crippen molar-refractivity contribution in [3.63, 3.8) is 0 Å². The van der Waals surface area contributed by atoms with Gasteiger partial charge in [-0.3, -0.25) is 0 Å². The summed E-state index contributed by atoms with van der Waals surface area (Å²) in [5, 5.41) is 5.59. The molecule has 30 heavy (non-hydrogen) atoms. The van der Waals surface area contributed by atoms with Crippen molar-refractivity contribution in [3.05, 3.63) is 62.2 Å². The Morgan fingerprint density at radius 1 is 1.00 bits per heavy atom. The maximum atomic E-state index is 12.4. The standard InChI is InChI=1S/C23H25Cl2N3OTe/c24-18-7-5-8-19(22(18)25)28-14-12-27(13-15-28)11-4-3-10-26-23(29)21-16-17-6-1-2-9-20(17)30-21/h1-2,5-9,16H,3-4,10-15H2,(H,26,29). The molecule has 4 nitrogen and oxygen atoms in total. The number of hydrogen-bond acceptors (Lipinski definition) is 3. The number of halogens is 2. The number of anilines is 1. The van der Waals surface area contributed by atoms with Crippen molar-refractivity contribution in [2.24, 2.45) is 0 Å². The molecular weight excluding hydrogens is 533 g/mol. The normalized spacial score (nSPS) is 14.9. The van der Waals surface area contributed by atoms with Gasteiger partial charge in [-0.15, -0.1) is 0 Å². The monoisotopic (exact) mass is 559 g/mol. The molecule has 1 aliphatic heterocycles. The number of carbonyl (C=O) groups is 1. The van der Waals surface area contributed by atoms with Crippen LogP contribution in [0.3, 0.4) is 0 Å². The molecule has 2 heterocycles. The van der Waals surface area contributed by atoms with Crippen LogP contribution in [0.25, 0.3) is 8.79 Å². The first-order valence-corrected chi connectivity index (χ1v) is 13.4. The molecule has 1 aromatic heterocycles. The van der Waals surface area contributed by atoms with Gasteiger partial charge in [-0.25, -0.2) is 0 Å². The Morgan fingerprint density at radius 2 is 1.80 bits per heavy atom. The number of hydrogen-bond donors (Lipinski definition) is 1. The minimum atomic E-state index is -0.525. The van der Waals surface area contributed by atoms with E-state index in [1.54, 1.807) is 0 Å². The third-order valence-electron chi connectivity index (χ3n) is 5.48. The number of fused-ring (bicyclic) bond motifs is 1. The Kier molecular flexibility index (Phi) is 7.62. The molecule has 0 aliphatic carbocycles. The van der Waals surface area contributed by atoms with Crippen LogP contribution >= 0.6 is 23.2 Å². The van der Waals surface area contributed by atoms with E-state index >= 15 is 0 Å². The van der Waals surface area contributed by atoms with Crippen molar-refractivity contribution >= 4 is 64.0 Å². The van der Waals surface area contributed by atoms with Crippen LogP contribution in [-0.2, 0) is 0 Å². The number of rotatable bonds is 7. The quantitative estimate of drug-likeness (QED) is 0.342. The number of nitrogens with one attached hydrogen (secondary N) is 1. The van der Waals surface area contributed by atoms with E-state index in [9.17, 15) is 4.79 Å². The third-order valence-corrected chi connectivity index (χ3v) is 9.47. The summed E-state index contributed by atoms with van der Waals surface area (Å²) in [7, 11) is 0. The van der Waals surface area contributed by atoms with Gasteiger partial charge in [-0.05, 0) is 12.1 Å². The molecular formula is C23H25Cl2N3OTe. The Morgan fingerprint density at radius 3 is 2.60 bits per heavy atom. The SMILES string of the molecule is O=C(NCCCCN1CCN(c2cccc(Cl)c2Cl)CC1)c1cc2ccccc2[te]1. The summed E-state index contributed by atoms with van der Waals surface area (Å²) in [6.45, 7) is 5.76. The molecule has 0 unspecified atom stereocenters. The van der Waals surface area contributed by atoms with Crippen LogP contribution in [-0.4, -0.2) is 70.5 Å². The van der Waals surface area contributed by atoms with Crippen LogP contribution in [0, 0.1) is 0 Å². The number of piperazine rings is 1. The van der Waals surface area contributed by atoms with E-state index in [4.69, 9.17) is 23.2 Å². The van der Waals surface area contributed by atoms with Gasteiger partial charge in [0.2, 0.25) is 0 Å². The van der Waals surface area contributed by atoms with Gasteiger partial charge in [0.15, 0.2) is 0 Å². The number of carbonyl (C=O) groups excluding carboxylic acids is 1. The first-order valence-electron chi connectivity index (χ1n) is 10.3. The van der Waals surface area contributed by atoms with Crippen LogP contribution in [0.1, 0.15) is 21.2 Å². The summed E-state index contributed by atoms with van der Waals surface area (Å²) >= 11 is 12.0. The number of benzene rings is 2. The molecule has 0 atom stereocenters. The molecule has 1 fully saturated rings. The van der Waals surface area contributed by atoms with Crippen molar-refractivity contribution < 1.29 is 4.79 Å².